The van der Waals surface area contributed by atoms with E-state index in [2.05, 4.69) is 11.4 Å². The lowest BCUT2D eigenvalue weighted by Crippen LogP contribution is -2.86. The number of nitrogens with zero attached hydrogens (tertiary/aromatic N) is 1. The molecule has 3 heteroatoms. The molecule has 1 aliphatic rings. The predicted molar refractivity (Wildman–Crippen MR) is 56.5 cm³/mol. The number of ether oxygens (including phenoxy) is 1. The Labute approximate surface area is 89.7 Å². The maximum atomic E-state index is 8.65. The first-order chi connectivity index (χ1) is 7.38. The van der Waals surface area contributed by atoms with Crippen LogP contribution < -0.4 is 10.1 Å². The van der Waals surface area contributed by atoms with Gasteiger partial charge in [0.15, 0.2) is 0 Å². The van der Waals surface area contributed by atoms with Crippen LogP contribution in [0.15, 0.2) is 24.3 Å². The minimum Gasteiger partial charge on any atom is -0.490 e. The highest BCUT2D eigenvalue weighted by molar-refractivity contribution is 5.34. The van der Waals surface area contributed by atoms with E-state index in [1.807, 2.05) is 12.1 Å². The monoisotopic (exact) mass is 203 g/mol. The minimum atomic E-state index is 0.350. The molecule has 2 rings (SSSR count). The standard InChI is InChI=1S/C12H14N2O/c13-9-10-1-3-11(4-2-10)15-12-5-7-14-8-6-12/h1-4,12,14H,5-8H2/p+1. The second-order valence-corrected chi connectivity index (χ2v) is 3.82. The molecule has 0 spiro atoms. The van der Waals surface area contributed by atoms with Gasteiger partial charge >= 0.3 is 0 Å². The molecular formula is C12H15N2O+. The summed E-state index contributed by atoms with van der Waals surface area (Å²) in [7, 11) is 0. The van der Waals surface area contributed by atoms with Gasteiger partial charge in [-0.2, -0.15) is 5.26 Å². The average molecular weight is 203 g/mol. The summed E-state index contributed by atoms with van der Waals surface area (Å²) in [5.74, 6) is 0.876. The predicted octanol–water partition coefficient (Wildman–Crippen LogP) is 0.663. The number of hydrogen-bond acceptors (Lipinski definition) is 2. The van der Waals surface area contributed by atoms with Gasteiger partial charge in [-0.25, -0.2) is 0 Å². The molecule has 0 unspecified atom stereocenters. The molecule has 0 saturated carbocycles. The van der Waals surface area contributed by atoms with Crippen LogP contribution >= 0.6 is 0 Å². The van der Waals surface area contributed by atoms with Gasteiger partial charge in [0.25, 0.3) is 0 Å². The molecule has 1 fully saturated rings. The molecule has 0 bridgehead atoms. The molecule has 0 aromatic heterocycles. The highest BCUT2D eigenvalue weighted by atomic mass is 16.5. The molecule has 78 valence electrons. The van der Waals surface area contributed by atoms with Crippen LogP contribution in [-0.4, -0.2) is 19.2 Å². The van der Waals surface area contributed by atoms with Crippen LogP contribution in [0.1, 0.15) is 18.4 Å². The number of benzene rings is 1. The van der Waals surface area contributed by atoms with E-state index in [9.17, 15) is 0 Å². The van der Waals surface area contributed by atoms with Gasteiger partial charge in [0.05, 0.1) is 24.7 Å². The van der Waals surface area contributed by atoms with Crippen molar-refractivity contribution in [2.45, 2.75) is 18.9 Å². The highest BCUT2D eigenvalue weighted by Crippen LogP contribution is 2.16. The Kier molecular flexibility index (Phi) is 3.21. The fraction of sp³-hybridized carbons (Fsp3) is 0.417. The molecule has 0 radical (unpaired) electrons. The number of quaternary nitrogens is 1. The zero-order valence-electron chi connectivity index (χ0n) is 8.65. The smallest absolute Gasteiger partial charge is 0.119 e. The van der Waals surface area contributed by atoms with Crippen LogP contribution in [0.25, 0.3) is 0 Å². The van der Waals surface area contributed by atoms with Crippen molar-refractivity contribution in [1.82, 2.24) is 0 Å². The zero-order valence-corrected chi connectivity index (χ0v) is 8.65. The highest BCUT2D eigenvalue weighted by Gasteiger charge is 2.16. The van der Waals surface area contributed by atoms with E-state index in [4.69, 9.17) is 10.00 Å². The van der Waals surface area contributed by atoms with Crippen molar-refractivity contribution in [3.05, 3.63) is 29.8 Å². The number of rotatable bonds is 2. The minimum absolute atomic E-state index is 0.350. The summed E-state index contributed by atoms with van der Waals surface area (Å²) in [5.41, 5.74) is 0.680. The van der Waals surface area contributed by atoms with E-state index in [0.717, 1.165) is 31.7 Å². The lowest BCUT2D eigenvalue weighted by Gasteiger charge is -2.21. The molecular weight excluding hydrogens is 188 g/mol. The molecule has 15 heavy (non-hydrogen) atoms. The maximum Gasteiger partial charge on any atom is 0.119 e. The van der Waals surface area contributed by atoms with Crippen molar-refractivity contribution in [1.29, 1.82) is 5.26 Å². The van der Waals surface area contributed by atoms with E-state index >= 15 is 0 Å². The molecule has 0 atom stereocenters. The molecule has 3 nitrogen and oxygen atoms in total. The second-order valence-electron chi connectivity index (χ2n) is 3.82. The van der Waals surface area contributed by atoms with Crippen LogP contribution in [0.4, 0.5) is 0 Å². The van der Waals surface area contributed by atoms with Gasteiger partial charge in [-0.1, -0.05) is 0 Å². The Bertz CT molecular complexity index is 347. The molecule has 1 aliphatic heterocycles. The molecule has 1 aromatic rings. The number of hydrogen-bond donors (Lipinski definition) is 1. The third-order valence-electron chi connectivity index (χ3n) is 2.67. The summed E-state index contributed by atoms with van der Waals surface area (Å²) in [5, 5.41) is 11.0. The van der Waals surface area contributed by atoms with Crippen LogP contribution in [0.5, 0.6) is 5.75 Å². The van der Waals surface area contributed by atoms with E-state index < -0.39 is 0 Å². The fourth-order valence-corrected chi connectivity index (χ4v) is 1.81. The summed E-state index contributed by atoms with van der Waals surface area (Å²) in [6, 6.07) is 9.43. The lowest BCUT2D eigenvalue weighted by atomic mass is 10.1. The van der Waals surface area contributed by atoms with E-state index in [0.29, 0.717) is 11.7 Å². The SMILES string of the molecule is N#Cc1ccc(OC2CC[NH2+]CC2)cc1. The van der Waals surface area contributed by atoms with Gasteiger partial charge in [-0.05, 0) is 24.3 Å². The largest absolute Gasteiger partial charge is 0.490 e. The molecule has 0 aliphatic carbocycles. The Morgan fingerprint density at radius 2 is 1.87 bits per heavy atom. The quantitative estimate of drug-likeness (QED) is 0.767. The van der Waals surface area contributed by atoms with Gasteiger partial charge in [0.2, 0.25) is 0 Å². The summed E-state index contributed by atoms with van der Waals surface area (Å²) in [6.45, 7) is 2.31. The van der Waals surface area contributed by atoms with Crippen molar-refractivity contribution in [2.24, 2.45) is 0 Å². The van der Waals surface area contributed by atoms with Gasteiger partial charge in [-0.15, -0.1) is 0 Å². The molecule has 1 saturated heterocycles. The molecule has 1 heterocycles. The van der Waals surface area contributed by atoms with Crippen LogP contribution in [0.2, 0.25) is 0 Å². The molecule has 1 aromatic carbocycles. The van der Waals surface area contributed by atoms with Crippen molar-refractivity contribution in [3.8, 4) is 11.8 Å². The van der Waals surface area contributed by atoms with Crippen LogP contribution in [-0.2, 0) is 0 Å². The van der Waals surface area contributed by atoms with Crippen LogP contribution in [0.3, 0.4) is 0 Å². The summed E-state index contributed by atoms with van der Waals surface area (Å²) >= 11 is 0. The second kappa shape index (κ2) is 4.81. The van der Waals surface area contributed by atoms with E-state index in [1.54, 1.807) is 12.1 Å². The van der Waals surface area contributed by atoms with Crippen LogP contribution in [0, 0.1) is 11.3 Å². The molecule has 0 amide bonds. The number of nitrogens with two attached hydrogens (primary N) is 1. The first-order valence-electron chi connectivity index (χ1n) is 5.37. The van der Waals surface area contributed by atoms with E-state index in [-0.39, 0.29) is 0 Å². The van der Waals surface area contributed by atoms with Gasteiger partial charge in [0.1, 0.15) is 11.9 Å². The summed E-state index contributed by atoms with van der Waals surface area (Å²) in [6.07, 6.45) is 2.57. The van der Waals surface area contributed by atoms with Gasteiger partial charge in [-0.3, -0.25) is 0 Å². The third kappa shape index (κ3) is 2.71. The average Bonchev–Trinajstić information content (AvgIpc) is 2.31. The summed E-state index contributed by atoms with van der Waals surface area (Å²) in [4.78, 5) is 0. The number of nitriles is 1. The van der Waals surface area contributed by atoms with Crippen molar-refractivity contribution >= 4 is 0 Å². The van der Waals surface area contributed by atoms with E-state index in [1.165, 1.54) is 0 Å². The van der Waals surface area contributed by atoms with Gasteiger partial charge in [0, 0.05) is 12.8 Å². The Morgan fingerprint density at radius 1 is 1.20 bits per heavy atom. The number of piperidine rings is 1. The fourth-order valence-electron chi connectivity index (χ4n) is 1.81. The molecule has 2 N–H and O–H groups in total. The lowest BCUT2D eigenvalue weighted by molar-refractivity contribution is -0.664. The third-order valence-corrected chi connectivity index (χ3v) is 2.67. The first-order valence-corrected chi connectivity index (χ1v) is 5.37. The van der Waals surface area contributed by atoms with Crippen molar-refractivity contribution in [3.63, 3.8) is 0 Å². The Hall–Kier alpha value is -1.53. The van der Waals surface area contributed by atoms with Crippen molar-refractivity contribution in [2.75, 3.05) is 13.1 Å². The topological polar surface area (TPSA) is 49.6 Å². The van der Waals surface area contributed by atoms with Crippen molar-refractivity contribution < 1.29 is 10.1 Å². The Balaban J connectivity index is 1.95. The normalized spacial score (nSPS) is 17.0. The summed E-state index contributed by atoms with van der Waals surface area (Å²) < 4.78 is 5.83. The first kappa shape index (κ1) is 10.0. The maximum absolute atomic E-state index is 8.65. The van der Waals surface area contributed by atoms with Gasteiger partial charge < -0.3 is 10.1 Å². The Morgan fingerprint density at radius 3 is 2.47 bits per heavy atom. The zero-order chi connectivity index (χ0) is 10.5.